The molecule has 98 valence electrons. The van der Waals surface area contributed by atoms with Gasteiger partial charge in [-0.15, -0.1) is 0 Å². The Morgan fingerprint density at radius 1 is 1.26 bits per heavy atom. The van der Waals surface area contributed by atoms with Crippen molar-refractivity contribution >= 4 is 23.4 Å². The first-order valence-electron chi connectivity index (χ1n) is 5.77. The molecule has 1 N–H and O–H groups in total. The molecule has 0 saturated carbocycles. The van der Waals surface area contributed by atoms with Crippen LogP contribution in [-0.2, 0) is 14.4 Å². The summed E-state index contributed by atoms with van der Waals surface area (Å²) in [5.41, 5.74) is 2.85. The number of hydrogen-bond acceptors (Lipinski definition) is 3. The molecule has 1 aliphatic heterocycles. The van der Waals surface area contributed by atoms with Gasteiger partial charge in [0.2, 0.25) is 0 Å². The summed E-state index contributed by atoms with van der Waals surface area (Å²) in [6, 6.07) is 5.53. The Morgan fingerprint density at radius 3 is 2.53 bits per heavy atom. The van der Waals surface area contributed by atoms with Gasteiger partial charge in [-0.3, -0.25) is 19.3 Å². The second-order valence-electron chi connectivity index (χ2n) is 4.50. The maximum Gasteiger partial charge on any atom is 0.323 e. The summed E-state index contributed by atoms with van der Waals surface area (Å²) in [4.78, 5) is 35.1. The molecule has 1 aliphatic rings. The van der Waals surface area contributed by atoms with E-state index in [1.165, 1.54) is 6.08 Å². The fourth-order valence-corrected chi connectivity index (χ4v) is 2.10. The van der Waals surface area contributed by atoms with Crippen LogP contribution in [0.1, 0.15) is 16.7 Å². The molecule has 0 unspecified atom stereocenters. The molecule has 0 saturated heterocycles. The molecule has 2 amide bonds. The standard InChI is InChI=1S/C14H13NO4/c1-8-3-4-10(9(2)5-8)11-6-12(16)15(14(11)19)7-13(17)18/h3-6H,7H2,1-2H3,(H,17,18). The van der Waals surface area contributed by atoms with E-state index in [4.69, 9.17) is 5.11 Å². The van der Waals surface area contributed by atoms with Gasteiger partial charge in [0.05, 0.1) is 5.57 Å². The van der Waals surface area contributed by atoms with Crippen LogP contribution >= 0.6 is 0 Å². The molecule has 0 radical (unpaired) electrons. The fourth-order valence-electron chi connectivity index (χ4n) is 2.10. The highest BCUT2D eigenvalue weighted by Gasteiger charge is 2.33. The second kappa shape index (κ2) is 4.68. The third-order valence-electron chi connectivity index (χ3n) is 2.97. The van der Waals surface area contributed by atoms with E-state index in [1.54, 1.807) is 6.07 Å². The van der Waals surface area contributed by atoms with Crippen LogP contribution in [0.2, 0.25) is 0 Å². The quantitative estimate of drug-likeness (QED) is 0.826. The van der Waals surface area contributed by atoms with Crippen molar-refractivity contribution in [3.05, 3.63) is 41.0 Å². The molecule has 5 nitrogen and oxygen atoms in total. The number of carbonyl (C=O) groups is 3. The zero-order chi connectivity index (χ0) is 14.2. The third kappa shape index (κ3) is 2.40. The molecule has 5 heteroatoms. The van der Waals surface area contributed by atoms with E-state index in [-0.39, 0.29) is 5.57 Å². The Hall–Kier alpha value is -2.43. The number of hydrogen-bond donors (Lipinski definition) is 1. The van der Waals surface area contributed by atoms with Gasteiger partial charge in [-0.2, -0.15) is 0 Å². The minimum atomic E-state index is -1.21. The van der Waals surface area contributed by atoms with Crippen molar-refractivity contribution in [3.63, 3.8) is 0 Å². The zero-order valence-corrected chi connectivity index (χ0v) is 10.6. The van der Waals surface area contributed by atoms with Crippen molar-refractivity contribution in [3.8, 4) is 0 Å². The molecule has 0 aliphatic carbocycles. The zero-order valence-electron chi connectivity index (χ0n) is 10.6. The smallest absolute Gasteiger partial charge is 0.323 e. The van der Waals surface area contributed by atoms with E-state index >= 15 is 0 Å². The van der Waals surface area contributed by atoms with Gasteiger partial charge in [-0.25, -0.2) is 0 Å². The molecular formula is C14H13NO4. The van der Waals surface area contributed by atoms with E-state index < -0.39 is 24.3 Å². The SMILES string of the molecule is Cc1ccc(C2=CC(=O)N(CC(=O)O)C2=O)c(C)c1. The number of aliphatic carboxylic acids is 1. The first kappa shape index (κ1) is 13.0. The number of carboxylic acids is 1. The largest absolute Gasteiger partial charge is 0.480 e. The molecule has 1 aromatic rings. The summed E-state index contributed by atoms with van der Waals surface area (Å²) < 4.78 is 0. The minimum Gasteiger partial charge on any atom is -0.480 e. The number of imide groups is 1. The van der Waals surface area contributed by atoms with Crippen LogP contribution in [-0.4, -0.2) is 34.3 Å². The van der Waals surface area contributed by atoms with E-state index in [0.717, 1.165) is 16.0 Å². The Labute approximate surface area is 110 Å². The monoisotopic (exact) mass is 259 g/mol. The van der Waals surface area contributed by atoms with Crippen molar-refractivity contribution in [2.75, 3.05) is 6.54 Å². The summed E-state index contributed by atoms with van der Waals surface area (Å²) in [6.45, 7) is 3.17. The number of nitrogens with zero attached hydrogens (tertiary/aromatic N) is 1. The summed E-state index contributed by atoms with van der Waals surface area (Å²) in [5, 5.41) is 8.69. The normalized spacial score (nSPS) is 14.8. The van der Waals surface area contributed by atoms with Crippen LogP contribution in [0.4, 0.5) is 0 Å². The lowest BCUT2D eigenvalue weighted by Crippen LogP contribution is -2.35. The molecule has 0 bridgehead atoms. The van der Waals surface area contributed by atoms with Gasteiger partial charge < -0.3 is 5.11 Å². The number of carbonyl (C=O) groups excluding carboxylic acids is 2. The molecule has 0 fully saturated rings. The summed E-state index contributed by atoms with van der Waals surface area (Å²) >= 11 is 0. The van der Waals surface area contributed by atoms with Crippen LogP contribution in [0.25, 0.3) is 5.57 Å². The Kier molecular flexibility index (Phi) is 3.21. The van der Waals surface area contributed by atoms with Gasteiger partial charge in [0.25, 0.3) is 11.8 Å². The van der Waals surface area contributed by atoms with Crippen molar-refractivity contribution in [1.82, 2.24) is 4.90 Å². The van der Waals surface area contributed by atoms with Crippen LogP contribution in [0.5, 0.6) is 0 Å². The molecule has 1 heterocycles. The average molecular weight is 259 g/mol. The first-order valence-corrected chi connectivity index (χ1v) is 5.77. The highest BCUT2D eigenvalue weighted by molar-refractivity contribution is 6.34. The van der Waals surface area contributed by atoms with E-state index in [1.807, 2.05) is 26.0 Å². The van der Waals surface area contributed by atoms with Gasteiger partial charge in [-0.05, 0) is 25.0 Å². The lowest BCUT2D eigenvalue weighted by Gasteiger charge is -2.12. The van der Waals surface area contributed by atoms with Crippen molar-refractivity contribution < 1.29 is 19.5 Å². The predicted octanol–water partition coefficient (Wildman–Crippen LogP) is 1.14. The van der Waals surface area contributed by atoms with Gasteiger partial charge in [0.15, 0.2) is 0 Å². The lowest BCUT2D eigenvalue weighted by molar-refractivity contribution is -0.147. The Bertz CT molecular complexity index is 616. The molecule has 19 heavy (non-hydrogen) atoms. The maximum absolute atomic E-state index is 12.1. The number of benzene rings is 1. The third-order valence-corrected chi connectivity index (χ3v) is 2.97. The van der Waals surface area contributed by atoms with Crippen LogP contribution in [0, 0.1) is 13.8 Å². The molecule has 0 spiro atoms. The van der Waals surface area contributed by atoms with Crippen molar-refractivity contribution in [2.24, 2.45) is 0 Å². The van der Waals surface area contributed by atoms with Crippen molar-refractivity contribution in [2.45, 2.75) is 13.8 Å². The number of carboxylic acid groups (broad SMARTS) is 1. The van der Waals surface area contributed by atoms with Crippen LogP contribution in [0.15, 0.2) is 24.3 Å². The Morgan fingerprint density at radius 2 is 1.95 bits per heavy atom. The van der Waals surface area contributed by atoms with Crippen LogP contribution in [0.3, 0.4) is 0 Å². The maximum atomic E-state index is 12.1. The number of rotatable bonds is 3. The second-order valence-corrected chi connectivity index (χ2v) is 4.50. The molecule has 2 rings (SSSR count). The first-order chi connectivity index (χ1) is 8.90. The fraction of sp³-hybridized carbons (Fsp3) is 0.214. The average Bonchev–Trinajstić information content (AvgIpc) is 2.57. The highest BCUT2D eigenvalue weighted by Crippen LogP contribution is 2.26. The lowest BCUT2D eigenvalue weighted by atomic mass is 9.99. The van der Waals surface area contributed by atoms with E-state index in [2.05, 4.69) is 0 Å². The summed E-state index contributed by atoms with van der Waals surface area (Å²) in [7, 11) is 0. The van der Waals surface area contributed by atoms with Crippen LogP contribution < -0.4 is 0 Å². The van der Waals surface area contributed by atoms with E-state index in [9.17, 15) is 14.4 Å². The summed E-state index contributed by atoms with van der Waals surface area (Å²) in [5.74, 6) is -2.35. The minimum absolute atomic E-state index is 0.253. The number of aryl methyl sites for hydroxylation is 2. The summed E-state index contributed by atoms with van der Waals surface area (Å²) in [6.07, 6.45) is 1.20. The molecule has 1 aromatic carbocycles. The van der Waals surface area contributed by atoms with Gasteiger partial charge in [0.1, 0.15) is 6.54 Å². The van der Waals surface area contributed by atoms with Gasteiger partial charge in [-0.1, -0.05) is 23.8 Å². The predicted molar refractivity (Wildman–Crippen MR) is 68.2 cm³/mol. The van der Waals surface area contributed by atoms with E-state index in [0.29, 0.717) is 5.56 Å². The van der Waals surface area contributed by atoms with Gasteiger partial charge >= 0.3 is 5.97 Å². The highest BCUT2D eigenvalue weighted by atomic mass is 16.4. The number of amides is 2. The molecule has 0 aromatic heterocycles. The topological polar surface area (TPSA) is 74.7 Å². The van der Waals surface area contributed by atoms with Crippen molar-refractivity contribution in [1.29, 1.82) is 0 Å². The molecular weight excluding hydrogens is 246 g/mol. The van der Waals surface area contributed by atoms with Gasteiger partial charge in [0, 0.05) is 6.08 Å². The Balaban J connectivity index is 2.37. The molecule has 0 atom stereocenters.